The maximum absolute atomic E-state index is 9.55. The van der Waals surface area contributed by atoms with E-state index in [0.29, 0.717) is 18.2 Å². The first-order chi connectivity index (χ1) is 14.3. The molecule has 6 nitrogen and oxygen atoms in total. The SMILES string of the molecule is Cc1ccc(N2CCC(N(C)Cc3ccccc3)CC2)cc1.O=C(O)/C=C/C(=O)O. The number of rotatable bonds is 6. The Labute approximate surface area is 178 Å². The number of hydrogen-bond donors (Lipinski definition) is 2. The minimum Gasteiger partial charge on any atom is -0.478 e. The van der Waals surface area contributed by atoms with Gasteiger partial charge in [-0.15, -0.1) is 0 Å². The van der Waals surface area contributed by atoms with Gasteiger partial charge in [0.1, 0.15) is 0 Å². The molecular formula is C24H30N2O4. The molecule has 0 unspecified atom stereocenters. The van der Waals surface area contributed by atoms with Crippen LogP contribution >= 0.6 is 0 Å². The van der Waals surface area contributed by atoms with Gasteiger partial charge >= 0.3 is 11.9 Å². The summed E-state index contributed by atoms with van der Waals surface area (Å²) in [6, 6.07) is 20.4. The smallest absolute Gasteiger partial charge is 0.328 e. The Bertz CT molecular complexity index is 810. The molecule has 3 rings (SSSR count). The maximum Gasteiger partial charge on any atom is 0.328 e. The van der Waals surface area contributed by atoms with Crippen LogP contribution in [0.25, 0.3) is 0 Å². The number of anilines is 1. The summed E-state index contributed by atoms with van der Waals surface area (Å²) in [5, 5.41) is 15.6. The molecule has 1 heterocycles. The molecule has 2 aromatic rings. The first-order valence-corrected chi connectivity index (χ1v) is 10.0. The third-order valence-electron chi connectivity index (χ3n) is 5.13. The zero-order chi connectivity index (χ0) is 21.9. The highest BCUT2D eigenvalue weighted by Crippen LogP contribution is 2.23. The summed E-state index contributed by atoms with van der Waals surface area (Å²) < 4.78 is 0. The number of hydrogen-bond acceptors (Lipinski definition) is 4. The van der Waals surface area contributed by atoms with Crippen LogP contribution in [0, 0.1) is 6.92 Å². The van der Waals surface area contributed by atoms with Crippen molar-refractivity contribution in [2.75, 3.05) is 25.0 Å². The number of nitrogens with zero attached hydrogens (tertiary/aromatic N) is 2. The van der Waals surface area contributed by atoms with Crippen LogP contribution in [-0.4, -0.2) is 53.2 Å². The van der Waals surface area contributed by atoms with Crippen LogP contribution in [0.15, 0.2) is 66.7 Å². The van der Waals surface area contributed by atoms with Gasteiger partial charge in [0.2, 0.25) is 0 Å². The molecule has 1 aliphatic heterocycles. The Kier molecular flexibility index (Phi) is 9.09. The Balaban J connectivity index is 0.000000343. The number of aliphatic carboxylic acids is 2. The van der Waals surface area contributed by atoms with Gasteiger partial charge in [0, 0.05) is 43.5 Å². The third kappa shape index (κ3) is 8.09. The molecule has 160 valence electrons. The number of carboxylic acid groups (broad SMARTS) is 2. The molecule has 0 saturated carbocycles. The highest BCUT2D eigenvalue weighted by Gasteiger charge is 2.22. The molecule has 0 bridgehead atoms. The van der Waals surface area contributed by atoms with E-state index in [1.807, 2.05) is 0 Å². The quantitative estimate of drug-likeness (QED) is 0.705. The van der Waals surface area contributed by atoms with Gasteiger partial charge < -0.3 is 15.1 Å². The molecule has 0 spiro atoms. The van der Waals surface area contributed by atoms with Crippen molar-refractivity contribution in [3.8, 4) is 0 Å². The highest BCUT2D eigenvalue weighted by atomic mass is 16.4. The summed E-state index contributed by atoms with van der Waals surface area (Å²) in [4.78, 5) is 24.1. The van der Waals surface area contributed by atoms with Crippen molar-refractivity contribution in [2.24, 2.45) is 0 Å². The van der Waals surface area contributed by atoms with Crippen LogP contribution < -0.4 is 4.90 Å². The summed E-state index contributed by atoms with van der Waals surface area (Å²) >= 11 is 0. The number of carbonyl (C=O) groups is 2. The Morgan fingerprint density at radius 2 is 1.50 bits per heavy atom. The molecule has 2 aromatic carbocycles. The average Bonchev–Trinajstić information content (AvgIpc) is 2.74. The molecule has 0 atom stereocenters. The molecule has 0 radical (unpaired) electrons. The number of aryl methyl sites for hydroxylation is 1. The van der Waals surface area contributed by atoms with E-state index in [9.17, 15) is 9.59 Å². The normalized spacial score (nSPS) is 14.4. The van der Waals surface area contributed by atoms with Crippen molar-refractivity contribution < 1.29 is 19.8 Å². The molecule has 1 saturated heterocycles. The second-order valence-corrected chi connectivity index (χ2v) is 7.46. The lowest BCUT2D eigenvalue weighted by Gasteiger charge is -2.38. The van der Waals surface area contributed by atoms with Gasteiger partial charge in [-0.1, -0.05) is 48.0 Å². The zero-order valence-corrected chi connectivity index (χ0v) is 17.6. The van der Waals surface area contributed by atoms with Crippen molar-refractivity contribution in [2.45, 2.75) is 32.4 Å². The fourth-order valence-corrected chi connectivity index (χ4v) is 3.46. The second kappa shape index (κ2) is 11.8. The van der Waals surface area contributed by atoms with E-state index in [2.05, 4.69) is 78.4 Å². The standard InChI is InChI=1S/C20H26N2.C4H4O4/c1-17-8-10-20(11-9-17)22-14-12-19(13-15-22)21(2)16-18-6-4-3-5-7-18;5-3(6)1-2-4(7)8/h3-11,19H,12-16H2,1-2H3;1-2H,(H,5,6)(H,7,8)/b;2-1+. The fraction of sp³-hybridized carbons (Fsp3) is 0.333. The van der Waals surface area contributed by atoms with Gasteiger partial charge in [-0.05, 0) is 44.5 Å². The molecule has 1 aliphatic rings. The minimum atomic E-state index is -1.26. The van der Waals surface area contributed by atoms with Crippen molar-refractivity contribution in [3.63, 3.8) is 0 Å². The number of piperidine rings is 1. The predicted molar refractivity (Wildman–Crippen MR) is 119 cm³/mol. The van der Waals surface area contributed by atoms with Crippen molar-refractivity contribution in [1.29, 1.82) is 0 Å². The lowest BCUT2D eigenvalue weighted by molar-refractivity contribution is -0.134. The first kappa shape index (κ1) is 23.2. The monoisotopic (exact) mass is 410 g/mol. The molecule has 30 heavy (non-hydrogen) atoms. The van der Waals surface area contributed by atoms with E-state index in [1.54, 1.807) is 0 Å². The number of carboxylic acids is 2. The zero-order valence-electron chi connectivity index (χ0n) is 17.6. The van der Waals surface area contributed by atoms with E-state index >= 15 is 0 Å². The third-order valence-corrected chi connectivity index (χ3v) is 5.13. The molecule has 6 heteroatoms. The topological polar surface area (TPSA) is 81.1 Å². The second-order valence-electron chi connectivity index (χ2n) is 7.46. The van der Waals surface area contributed by atoms with Gasteiger partial charge in [-0.2, -0.15) is 0 Å². The predicted octanol–water partition coefficient (Wildman–Crippen LogP) is 3.81. The molecule has 0 aromatic heterocycles. The summed E-state index contributed by atoms with van der Waals surface area (Å²) in [7, 11) is 2.26. The van der Waals surface area contributed by atoms with E-state index in [0.717, 1.165) is 19.6 Å². The Hall–Kier alpha value is -3.12. The lowest BCUT2D eigenvalue weighted by atomic mass is 10.0. The first-order valence-electron chi connectivity index (χ1n) is 10.0. The Morgan fingerprint density at radius 1 is 0.967 bits per heavy atom. The van der Waals surface area contributed by atoms with Crippen LogP contribution in [0.1, 0.15) is 24.0 Å². The molecular weight excluding hydrogens is 380 g/mol. The largest absolute Gasteiger partial charge is 0.478 e. The van der Waals surface area contributed by atoms with Crippen molar-refractivity contribution in [1.82, 2.24) is 4.90 Å². The summed E-state index contributed by atoms with van der Waals surface area (Å²) in [5.41, 5.74) is 4.11. The van der Waals surface area contributed by atoms with Gasteiger partial charge in [0.15, 0.2) is 0 Å². The summed E-state index contributed by atoms with van der Waals surface area (Å²) in [6.07, 6.45) is 3.61. The van der Waals surface area contributed by atoms with Crippen molar-refractivity contribution >= 4 is 17.6 Å². The van der Waals surface area contributed by atoms with E-state index < -0.39 is 11.9 Å². The van der Waals surface area contributed by atoms with Crippen LogP contribution in [-0.2, 0) is 16.1 Å². The fourth-order valence-electron chi connectivity index (χ4n) is 3.46. The minimum absolute atomic E-state index is 0.558. The van der Waals surface area contributed by atoms with E-state index in [-0.39, 0.29) is 0 Å². The lowest BCUT2D eigenvalue weighted by Crippen LogP contribution is -2.43. The van der Waals surface area contributed by atoms with E-state index in [4.69, 9.17) is 10.2 Å². The van der Waals surface area contributed by atoms with Crippen LogP contribution in [0.2, 0.25) is 0 Å². The van der Waals surface area contributed by atoms with Gasteiger partial charge in [0.05, 0.1) is 0 Å². The molecule has 0 aliphatic carbocycles. The average molecular weight is 411 g/mol. The van der Waals surface area contributed by atoms with Crippen molar-refractivity contribution in [3.05, 3.63) is 77.9 Å². The van der Waals surface area contributed by atoms with E-state index in [1.165, 1.54) is 29.7 Å². The maximum atomic E-state index is 9.55. The number of benzene rings is 2. The summed E-state index contributed by atoms with van der Waals surface area (Å²) in [5.74, 6) is -2.51. The summed E-state index contributed by atoms with van der Waals surface area (Å²) in [6.45, 7) is 5.52. The van der Waals surface area contributed by atoms with Gasteiger partial charge in [0.25, 0.3) is 0 Å². The van der Waals surface area contributed by atoms with Crippen LogP contribution in [0.3, 0.4) is 0 Å². The van der Waals surface area contributed by atoms with Gasteiger partial charge in [-0.3, -0.25) is 4.90 Å². The van der Waals surface area contributed by atoms with Gasteiger partial charge in [-0.25, -0.2) is 9.59 Å². The Morgan fingerprint density at radius 3 is 2.00 bits per heavy atom. The highest BCUT2D eigenvalue weighted by molar-refractivity contribution is 5.89. The van der Waals surface area contributed by atoms with Crippen LogP contribution in [0.4, 0.5) is 5.69 Å². The molecule has 1 fully saturated rings. The molecule has 2 N–H and O–H groups in total. The van der Waals surface area contributed by atoms with Crippen LogP contribution in [0.5, 0.6) is 0 Å². The molecule has 0 amide bonds.